The lowest BCUT2D eigenvalue weighted by atomic mass is 9.84. The van der Waals surface area contributed by atoms with Gasteiger partial charge in [-0.15, -0.1) is 0 Å². The van der Waals surface area contributed by atoms with Crippen LogP contribution in [-0.4, -0.2) is 74.7 Å². The topological polar surface area (TPSA) is 84.0 Å². The number of sulfone groups is 1. The molecule has 2 fully saturated rings. The van der Waals surface area contributed by atoms with Crippen molar-refractivity contribution in [2.75, 3.05) is 26.2 Å². The Morgan fingerprint density at radius 3 is 2.05 bits per heavy atom. The van der Waals surface area contributed by atoms with Crippen LogP contribution in [0.5, 0.6) is 5.75 Å². The van der Waals surface area contributed by atoms with Gasteiger partial charge in [0.1, 0.15) is 22.9 Å². The Morgan fingerprint density at radius 1 is 0.909 bits per heavy atom. The third kappa shape index (κ3) is 4.70. The number of hydrogen-bond acceptors (Lipinski definition) is 5. The largest absolute Gasteiger partial charge is 0.491 e. The van der Waals surface area contributed by atoms with E-state index in [0.717, 1.165) is 24.3 Å². The van der Waals surface area contributed by atoms with Gasteiger partial charge < -0.3 is 14.5 Å². The number of carbonyl (C=O) groups excluding carboxylic acids is 2. The van der Waals surface area contributed by atoms with Crippen LogP contribution in [0.15, 0.2) is 47.4 Å². The molecule has 0 N–H and O–H groups in total. The third-order valence-corrected chi connectivity index (χ3v) is 11.4. The lowest BCUT2D eigenvalue weighted by Crippen LogP contribution is -2.56. The summed E-state index contributed by atoms with van der Waals surface area (Å²) in [4.78, 5) is 27.9. The molecule has 2 aromatic carbocycles. The van der Waals surface area contributed by atoms with Crippen molar-refractivity contribution in [3.05, 3.63) is 59.4 Å². The molecular weight excluding hydrogens is 628 g/mol. The van der Waals surface area contributed by atoms with Gasteiger partial charge >= 0.3 is 18.0 Å². The predicted molar refractivity (Wildman–Crippen MR) is 137 cm³/mol. The zero-order valence-electron chi connectivity index (χ0n) is 23.0. The summed E-state index contributed by atoms with van der Waals surface area (Å²) in [5, 5.41) is 0. The number of benzene rings is 2. The standard InChI is InChI=1S/C28H26F8N2O5S/c1-16(39)37-11-8-17(9-12-37)24(40)38-13-10-25(44(41,42)20-5-3-19(29)4-6-20)21-7-2-18(14-22(21)43-15-23(25)38)26(30,27(31,32)33)28(34,35)36/h2-7,14,17,23H,8-13,15H2,1H3. The van der Waals surface area contributed by atoms with Crippen molar-refractivity contribution < 1.29 is 57.9 Å². The van der Waals surface area contributed by atoms with Crippen molar-refractivity contribution in [3.63, 3.8) is 0 Å². The SMILES string of the molecule is CC(=O)N1CCC(C(=O)N2CCC3(S(=O)(=O)c4ccc(F)cc4)c4ccc(C(F)(C(F)(F)F)C(F)(F)F)cc4OCC23)CC1. The van der Waals surface area contributed by atoms with E-state index in [1.165, 1.54) is 11.8 Å². The van der Waals surface area contributed by atoms with Gasteiger partial charge in [-0.2, -0.15) is 26.3 Å². The molecular formula is C28H26F8N2O5S. The number of alkyl halides is 7. The van der Waals surface area contributed by atoms with Crippen LogP contribution in [0.4, 0.5) is 35.1 Å². The lowest BCUT2D eigenvalue weighted by molar-refractivity contribution is -0.348. The first-order chi connectivity index (χ1) is 20.4. The molecule has 2 atom stereocenters. The van der Waals surface area contributed by atoms with Gasteiger partial charge in [-0.3, -0.25) is 9.59 Å². The first-order valence-electron chi connectivity index (χ1n) is 13.5. The van der Waals surface area contributed by atoms with E-state index in [-0.39, 0.29) is 62.5 Å². The first-order valence-corrected chi connectivity index (χ1v) is 15.0. The molecule has 0 aliphatic carbocycles. The highest BCUT2D eigenvalue weighted by atomic mass is 32.2. The molecule has 3 heterocycles. The Bertz CT molecular complexity index is 1560. The van der Waals surface area contributed by atoms with E-state index in [1.54, 1.807) is 4.90 Å². The second-order valence-electron chi connectivity index (χ2n) is 11.1. The number of piperidine rings is 1. The highest BCUT2D eigenvalue weighted by molar-refractivity contribution is 7.92. The predicted octanol–water partition coefficient (Wildman–Crippen LogP) is 5.04. The molecule has 3 aliphatic rings. The van der Waals surface area contributed by atoms with Gasteiger partial charge in [0.15, 0.2) is 9.84 Å². The fourth-order valence-corrected chi connectivity index (χ4v) is 8.77. The summed E-state index contributed by atoms with van der Waals surface area (Å²) in [7, 11) is -4.64. The molecule has 16 heteroatoms. The zero-order valence-corrected chi connectivity index (χ0v) is 23.8. The summed E-state index contributed by atoms with van der Waals surface area (Å²) >= 11 is 0. The van der Waals surface area contributed by atoms with Crippen LogP contribution in [0.2, 0.25) is 0 Å². The summed E-state index contributed by atoms with van der Waals surface area (Å²) in [6.07, 6.45) is -12.6. The summed E-state index contributed by atoms with van der Waals surface area (Å²) in [6.45, 7) is 1.14. The lowest BCUT2D eigenvalue weighted by Gasteiger charge is -2.43. The molecule has 0 saturated carbocycles. The number of nitrogens with zero attached hydrogens (tertiary/aromatic N) is 2. The first kappa shape index (κ1) is 32.0. The Balaban J connectivity index is 1.62. The Hall–Kier alpha value is -3.43. The highest BCUT2D eigenvalue weighted by Crippen LogP contribution is 2.57. The average molecular weight is 655 g/mol. The van der Waals surface area contributed by atoms with E-state index in [9.17, 15) is 53.1 Å². The van der Waals surface area contributed by atoms with Gasteiger partial charge in [-0.25, -0.2) is 17.2 Å². The van der Waals surface area contributed by atoms with Gasteiger partial charge in [0.05, 0.1) is 10.9 Å². The van der Waals surface area contributed by atoms with Crippen molar-refractivity contribution in [2.24, 2.45) is 5.92 Å². The minimum absolute atomic E-state index is 0.167. The van der Waals surface area contributed by atoms with Crippen molar-refractivity contribution in [3.8, 4) is 5.75 Å². The third-order valence-electron chi connectivity index (χ3n) is 8.83. The Morgan fingerprint density at radius 2 is 1.50 bits per heavy atom. The molecule has 44 heavy (non-hydrogen) atoms. The van der Waals surface area contributed by atoms with Crippen LogP contribution < -0.4 is 4.74 Å². The van der Waals surface area contributed by atoms with Crippen LogP contribution >= 0.6 is 0 Å². The van der Waals surface area contributed by atoms with E-state index in [2.05, 4.69) is 0 Å². The van der Waals surface area contributed by atoms with Crippen LogP contribution in [-0.2, 0) is 29.8 Å². The van der Waals surface area contributed by atoms with Gasteiger partial charge in [0.2, 0.25) is 11.8 Å². The van der Waals surface area contributed by atoms with Crippen LogP contribution in [0.1, 0.15) is 37.3 Å². The molecule has 0 radical (unpaired) electrons. The molecule has 3 aliphatic heterocycles. The smallest absolute Gasteiger partial charge is 0.435 e. The quantitative estimate of drug-likeness (QED) is 0.341. The molecule has 0 spiro atoms. The number of rotatable bonds is 4. The number of likely N-dealkylation sites (tertiary alicyclic amines) is 2. The molecule has 240 valence electrons. The van der Waals surface area contributed by atoms with E-state index >= 15 is 0 Å². The fourth-order valence-electron chi connectivity index (χ4n) is 6.48. The number of halogens is 8. The molecule has 2 saturated heterocycles. The van der Waals surface area contributed by atoms with Crippen molar-refractivity contribution in [1.29, 1.82) is 0 Å². The van der Waals surface area contributed by atoms with E-state index in [4.69, 9.17) is 4.74 Å². The maximum absolute atomic E-state index is 14.9. The monoisotopic (exact) mass is 654 g/mol. The Kier molecular flexibility index (Phi) is 7.69. The van der Waals surface area contributed by atoms with Crippen LogP contribution in [0.3, 0.4) is 0 Å². The molecule has 5 rings (SSSR count). The Labute approximate surface area is 246 Å². The summed E-state index contributed by atoms with van der Waals surface area (Å²) in [5.41, 5.74) is -7.99. The fraction of sp³-hybridized carbons (Fsp3) is 0.500. The van der Waals surface area contributed by atoms with Gasteiger partial charge in [-0.1, -0.05) is 12.1 Å². The summed E-state index contributed by atoms with van der Waals surface area (Å²) in [6, 6.07) is 3.44. The number of hydrogen-bond donors (Lipinski definition) is 0. The van der Waals surface area contributed by atoms with Gasteiger partial charge in [0, 0.05) is 43.6 Å². The van der Waals surface area contributed by atoms with Crippen LogP contribution in [0.25, 0.3) is 0 Å². The summed E-state index contributed by atoms with van der Waals surface area (Å²) < 4.78 is 142. The highest BCUT2D eigenvalue weighted by Gasteiger charge is 2.74. The number of carbonyl (C=O) groups is 2. The van der Waals surface area contributed by atoms with E-state index in [0.29, 0.717) is 6.07 Å². The molecule has 0 bridgehead atoms. The van der Waals surface area contributed by atoms with E-state index in [1.807, 2.05) is 0 Å². The number of fused-ring (bicyclic) bond motifs is 3. The number of amides is 2. The second-order valence-corrected chi connectivity index (χ2v) is 13.3. The minimum atomic E-state index is -6.41. The molecule has 2 amide bonds. The second kappa shape index (κ2) is 10.6. The zero-order chi connectivity index (χ0) is 32.5. The molecule has 0 aromatic heterocycles. The van der Waals surface area contributed by atoms with Gasteiger partial charge in [-0.05, 0) is 49.6 Å². The maximum atomic E-state index is 14.9. The van der Waals surface area contributed by atoms with Crippen molar-refractivity contribution in [2.45, 2.75) is 59.9 Å². The van der Waals surface area contributed by atoms with Crippen molar-refractivity contribution in [1.82, 2.24) is 9.80 Å². The maximum Gasteiger partial charge on any atom is 0.435 e. The molecule has 7 nitrogen and oxygen atoms in total. The van der Waals surface area contributed by atoms with Crippen LogP contribution in [0, 0.1) is 11.7 Å². The van der Waals surface area contributed by atoms with E-state index < -0.39 is 79.1 Å². The van der Waals surface area contributed by atoms with Gasteiger partial charge in [0.25, 0.3) is 0 Å². The average Bonchev–Trinajstić information content (AvgIpc) is 3.37. The normalized spacial score (nSPS) is 23.2. The number of ether oxygens (including phenoxy) is 1. The minimum Gasteiger partial charge on any atom is -0.491 e. The molecule has 2 unspecified atom stereocenters. The molecule has 2 aromatic rings. The summed E-state index contributed by atoms with van der Waals surface area (Å²) in [5.74, 6) is -2.70. The van der Waals surface area contributed by atoms with Crippen molar-refractivity contribution >= 4 is 21.7 Å².